The Kier molecular flexibility index (Phi) is 5.55. The van der Waals surface area contributed by atoms with E-state index >= 15 is 0 Å². The van der Waals surface area contributed by atoms with Crippen LogP contribution < -0.4 is 10.6 Å². The smallest absolute Gasteiger partial charge is 0.273 e. The van der Waals surface area contributed by atoms with Gasteiger partial charge in [0.15, 0.2) is 5.69 Å². The minimum atomic E-state index is -0.204. The van der Waals surface area contributed by atoms with Gasteiger partial charge in [0.25, 0.3) is 5.91 Å². The van der Waals surface area contributed by atoms with Gasteiger partial charge in [-0.05, 0) is 57.1 Å². The van der Waals surface area contributed by atoms with E-state index in [0.717, 1.165) is 42.5 Å². The average molecular weight is 394 g/mol. The number of fused-ring (bicyclic) bond motifs is 1. The Morgan fingerprint density at radius 1 is 1.31 bits per heavy atom. The summed E-state index contributed by atoms with van der Waals surface area (Å²) in [5.41, 5.74) is 2.78. The second-order valence-corrected chi connectivity index (χ2v) is 7.68. The Labute approximate surface area is 169 Å². The van der Waals surface area contributed by atoms with Gasteiger partial charge in [-0.3, -0.25) is 9.78 Å². The van der Waals surface area contributed by atoms with Gasteiger partial charge in [-0.15, -0.1) is 5.10 Å². The molecular formula is C21H26N6O2. The number of nitrogens with zero attached hydrogens (tertiary/aromatic N) is 4. The highest BCUT2D eigenvalue weighted by molar-refractivity contribution is 5.93. The van der Waals surface area contributed by atoms with Gasteiger partial charge in [0.05, 0.1) is 23.5 Å². The first-order valence-electron chi connectivity index (χ1n) is 9.87. The van der Waals surface area contributed by atoms with Crippen LogP contribution in [0, 0.1) is 12.3 Å². The molecule has 0 radical (unpaired) electrons. The maximum Gasteiger partial charge on any atom is 0.273 e. The van der Waals surface area contributed by atoms with Crippen LogP contribution in [0.1, 0.15) is 29.0 Å². The highest BCUT2D eigenvalue weighted by atomic mass is 16.5. The Morgan fingerprint density at radius 3 is 2.93 bits per heavy atom. The first-order valence-corrected chi connectivity index (χ1v) is 9.87. The number of hydrogen-bond acceptors (Lipinski definition) is 6. The third kappa shape index (κ3) is 3.99. The van der Waals surface area contributed by atoms with Crippen LogP contribution >= 0.6 is 0 Å². The van der Waals surface area contributed by atoms with Crippen LogP contribution in [-0.2, 0) is 4.74 Å². The van der Waals surface area contributed by atoms with Crippen molar-refractivity contribution in [2.45, 2.75) is 19.8 Å². The Balaban J connectivity index is 1.52. The molecule has 2 aromatic heterocycles. The predicted octanol–water partition coefficient (Wildman–Crippen LogP) is 1.87. The third-order valence-corrected chi connectivity index (χ3v) is 5.68. The quantitative estimate of drug-likeness (QED) is 0.663. The molecule has 1 saturated heterocycles. The van der Waals surface area contributed by atoms with Gasteiger partial charge in [0.2, 0.25) is 0 Å². The molecule has 1 aliphatic rings. The summed E-state index contributed by atoms with van der Waals surface area (Å²) in [5.74, 6) is -0.204. The number of amides is 1. The van der Waals surface area contributed by atoms with Crippen molar-refractivity contribution in [2.75, 3.05) is 33.4 Å². The molecule has 1 aliphatic heterocycles. The summed E-state index contributed by atoms with van der Waals surface area (Å²) in [5, 5.41) is 15.8. The van der Waals surface area contributed by atoms with E-state index in [0.29, 0.717) is 24.5 Å². The van der Waals surface area contributed by atoms with Crippen molar-refractivity contribution in [1.82, 2.24) is 30.6 Å². The zero-order chi connectivity index (χ0) is 20.3. The highest BCUT2D eigenvalue weighted by Crippen LogP contribution is 2.28. The van der Waals surface area contributed by atoms with Crippen LogP contribution in [0.5, 0.6) is 0 Å². The van der Waals surface area contributed by atoms with E-state index in [1.54, 1.807) is 18.0 Å². The van der Waals surface area contributed by atoms with E-state index in [1.165, 1.54) is 0 Å². The molecule has 1 fully saturated rings. The fraction of sp³-hybridized carbons (Fsp3) is 0.429. The van der Waals surface area contributed by atoms with Gasteiger partial charge < -0.3 is 15.4 Å². The fourth-order valence-electron chi connectivity index (χ4n) is 3.97. The lowest BCUT2D eigenvalue weighted by Crippen LogP contribution is -2.47. The molecule has 2 N–H and O–H groups in total. The zero-order valence-corrected chi connectivity index (χ0v) is 16.8. The molecule has 0 saturated carbocycles. The topological polar surface area (TPSA) is 94.0 Å². The summed E-state index contributed by atoms with van der Waals surface area (Å²) in [6.07, 6.45) is 3.71. The van der Waals surface area contributed by atoms with E-state index in [1.807, 2.05) is 37.3 Å². The van der Waals surface area contributed by atoms with Crippen LogP contribution in [0.2, 0.25) is 0 Å². The summed E-state index contributed by atoms with van der Waals surface area (Å²) >= 11 is 0. The highest BCUT2D eigenvalue weighted by Gasteiger charge is 2.33. The molecule has 0 unspecified atom stereocenters. The van der Waals surface area contributed by atoms with E-state index in [4.69, 9.17) is 4.74 Å². The number of aromatic nitrogens is 4. The molecule has 3 aromatic rings. The average Bonchev–Trinajstić information content (AvgIpc) is 3.14. The number of pyridine rings is 1. The molecule has 0 bridgehead atoms. The molecule has 4 rings (SSSR count). The summed E-state index contributed by atoms with van der Waals surface area (Å²) in [4.78, 5) is 17.2. The number of nitrogens with one attached hydrogen (secondary N) is 2. The maximum atomic E-state index is 12.8. The third-order valence-electron chi connectivity index (χ3n) is 5.68. The monoisotopic (exact) mass is 394 g/mol. The molecule has 29 heavy (non-hydrogen) atoms. The largest absolute Gasteiger partial charge is 0.384 e. The second-order valence-electron chi connectivity index (χ2n) is 7.68. The van der Waals surface area contributed by atoms with E-state index in [9.17, 15) is 4.79 Å². The first-order chi connectivity index (χ1) is 14.1. The molecule has 152 valence electrons. The summed E-state index contributed by atoms with van der Waals surface area (Å²) < 4.78 is 7.12. The van der Waals surface area contributed by atoms with Crippen LogP contribution in [0.4, 0.5) is 0 Å². The van der Waals surface area contributed by atoms with Gasteiger partial charge in [-0.2, -0.15) is 0 Å². The van der Waals surface area contributed by atoms with E-state index in [2.05, 4.69) is 25.9 Å². The SMILES string of the molecule is COCC1(CNC(=O)c2nnn(-c3ccc4ncccc4c3)c2C)CCNCC1. The van der Waals surface area contributed by atoms with E-state index in [-0.39, 0.29) is 11.3 Å². The van der Waals surface area contributed by atoms with Crippen LogP contribution in [0.15, 0.2) is 36.5 Å². The van der Waals surface area contributed by atoms with Crippen LogP contribution in [0.25, 0.3) is 16.6 Å². The van der Waals surface area contributed by atoms with Gasteiger partial charge in [0, 0.05) is 30.7 Å². The molecular weight excluding hydrogens is 368 g/mol. The van der Waals surface area contributed by atoms with Crippen molar-refractivity contribution in [3.63, 3.8) is 0 Å². The number of rotatable bonds is 6. The van der Waals surface area contributed by atoms with E-state index < -0.39 is 0 Å². The minimum Gasteiger partial charge on any atom is -0.384 e. The lowest BCUT2D eigenvalue weighted by atomic mass is 9.79. The standard InChI is InChI=1S/C21H26N6O2/c1-15-19(20(28)24-13-21(14-29-2)7-10-22-11-8-21)25-26-27(15)17-5-6-18-16(12-17)4-3-9-23-18/h3-6,9,12,22H,7-8,10-11,13-14H2,1-2H3,(H,24,28). The predicted molar refractivity (Wildman–Crippen MR) is 110 cm³/mol. The Hall–Kier alpha value is -2.84. The van der Waals surface area contributed by atoms with Crippen molar-refractivity contribution in [3.8, 4) is 5.69 Å². The lowest BCUT2D eigenvalue weighted by Gasteiger charge is -2.37. The molecule has 1 amide bonds. The second kappa shape index (κ2) is 8.26. The van der Waals surface area contributed by atoms with Crippen molar-refractivity contribution in [2.24, 2.45) is 5.41 Å². The number of ether oxygens (including phenoxy) is 1. The Morgan fingerprint density at radius 2 is 2.14 bits per heavy atom. The summed E-state index contributed by atoms with van der Waals surface area (Å²) in [7, 11) is 1.71. The van der Waals surface area contributed by atoms with Gasteiger partial charge in [0.1, 0.15) is 0 Å². The van der Waals surface area contributed by atoms with Crippen LogP contribution in [0.3, 0.4) is 0 Å². The number of benzene rings is 1. The summed E-state index contributed by atoms with van der Waals surface area (Å²) in [6.45, 7) is 4.93. The number of hydrogen-bond donors (Lipinski definition) is 2. The van der Waals surface area contributed by atoms with Gasteiger partial charge in [-0.25, -0.2) is 4.68 Å². The zero-order valence-electron chi connectivity index (χ0n) is 16.8. The fourth-order valence-corrected chi connectivity index (χ4v) is 3.97. The lowest BCUT2D eigenvalue weighted by molar-refractivity contribution is 0.0510. The minimum absolute atomic E-state index is 0.0368. The van der Waals surface area contributed by atoms with Crippen LogP contribution in [-0.4, -0.2) is 59.2 Å². The molecule has 0 atom stereocenters. The van der Waals surface area contributed by atoms with Crippen molar-refractivity contribution in [3.05, 3.63) is 47.9 Å². The number of methoxy groups -OCH3 is 1. The number of carbonyl (C=O) groups is 1. The van der Waals surface area contributed by atoms with Gasteiger partial charge >= 0.3 is 0 Å². The maximum absolute atomic E-state index is 12.8. The molecule has 8 heteroatoms. The first kappa shape index (κ1) is 19.5. The van der Waals surface area contributed by atoms with Gasteiger partial charge in [-0.1, -0.05) is 11.3 Å². The van der Waals surface area contributed by atoms with Crippen molar-refractivity contribution in [1.29, 1.82) is 0 Å². The molecule has 0 spiro atoms. The summed E-state index contributed by atoms with van der Waals surface area (Å²) in [6, 6.07) is 9.77. The molecule has 3 heterocycles. The number of piperidine rings is 1. The van der Waals surface area contributed by atoms with Crippen molar-refractivity contribution < 1.29 is 9.53 Å². The Bertz CT molecular complexity index is 1000. The normalized spacial score (nSPS) is 16.1. The molecule has 1 aromatic carbocycles. The molecule has 8 nitrogen and oxygen atoms in total. The van der Waals surface area contributed by atoms with Crippen molar-refractivity contribution >= 4 is 16.8 Å². The number of carbonyl (C=O) groups excluding carboxylic acids is 1. The molecule has 0 aliphatic carbocycles.